The smallest absolute Gasteiger partial charge is 0.336 e. The molecule has 2 nitrogen and oxygen atoms in total. The fourth-order valence-corrected chi connectivity index (χ4v) is 3.20. The van der Waals surface area contributed by atoms with E-state index < -0.39 is 11.8 Å². The van der Waals surface area contributed by atoms with Crippen molar-refractivity contribution < 1.29 is 14.3 Å². The van der Waals surface area contributed by atoms with E-state index in [2.05, 4.69) is 15.9 Å². The van der Waals surface area contributed by atoms with Crippen LogP contribution in [0.2, 0.25) is 0 Å². The molecule has 19 heavy (non-hydrogen) atoms. The van der Waals surface area contributed by atoms with E-state index in [9.17, 15) is 9.18 Å². The summed E-state index contributed by atoms with van der Waals surface area (Å²) in [7, 11) is 0. The van der Waals surface area contributed by atoms with Crippen LogP contribution in [0.3, 0.4) is 0 Å². The normalized spacial score (nSPS) is 10.5. The first-order valence-electron chi connectivity index (χ1n) is 5.45. The summed E-state index contributed by atoms with van der Waals surface area (Å²) < 4.78 is 14.1. The van der Waals surface area contributed by atoms with Gasteiger partial charge < -0.3 is 5.11 Å². The summed E-state index contributed by atoms with van der Waals surface area (Å²) in [5, 5.41) is 8.90. The van der Waals surface area contributed by atoms with Gasteiger partial charge in [-0.05, 0) is 47.1 Å². The van der Waals surface area contributed by atoms with E-state index >= 15 is 0 Å². The van der Waals surface area contributed by atoms with Gasteiger partial charge in [0.05, 0.1) is 10.0 Å². The molecule has 0 saturated carbocycles. The molecule has 98 valence electrons. The Bertz CT molecular complexity index is 643. The van der Waals surface area contributed by atoms with Gasteiger partial charge >= 0.3 is 5.97 Å². The SMILES string of the molecule is Cc1cccc(Sc2ccc(C(=O)O)c(Br)c2F)c1. The van der Waals surface area contributed by atoms with Crippen molar-refractivity contribution in [3.8, 4) is 0 Å². The van der Waals surface area contributed by atoms with Gasteiger partial charge in [0, 0.05) is 9.79 Å². The molecule has 0 atom stereocenters. The van der Waals surface area contributed by atoms with Crippen LogP contribution in [0.1, 0.15) is 15.9 Å². The highest BCUT2D eigenvalue weighted by Crippen LogP contribution is 2.34. The van der Waals surface area contributed by atoms with Crippen LogP contribution >= 0.6 is 27.7 Å². The van der Waals surface area contributed by atoms with Crippen molar-refractivity contribution in [3.63, 3.8) is 0 Å². The van der Waals surface area contributed by atoms with E-state index in [0.717, 1.165) is 10.5 Å². The summed E-state index contributed by atoms with van der Waals surface area (Å²) in [6.07, 6.45) is 0. The van der Waals surface area contributed by atoms with Gasteiger partial charge in [-0.1, -0.05) is 29.5 Å². The molecule has 0 bridgehead atoms. The molecule has 0 heterocycles. The first-order valence-corrected chi connectivity index (χ1v) is 7.06. The zero-order valence-corrected chi connectivity index (χ0v) is 12.4. The Morgan fingerprint density at radius 2 is 2.05 bits per heavy atom. The molecule has 2 aromatic carbocycles. The van der Waals surface area contributed by atoms with Crippen molar-refractivity contribution in [3.05, 3.63) is 57.8 Å². The third-order valence-electron chi connectivity index (χ3n) is 2.49. The van der Waals surface area contributed by atoms with E-state index in [1.807, 2.05) is 31.2 Å². The minimum atomic E-state index is -1.15. The molecule has 0 saturated heterocycles. The van der Waals surface area contributed by atoms with Gasteiger partial charge in [-0.25, -0.2) is 9.18 Å². The number of halogens is 2. The van der Waals surface area contributed by atoms with Crippen molar-refractivity contribution in [2.45, 2.75) is 16.7 Å². The van der Waals surface area contributed by atoms with Crippen LogP contribution in [0.25, 0.3) is 0 Å². The summed E-state index contributed by atoms with van der Waals surface area (Å²) in [4.78, 5) is 12.2. The van der Waals surface area contributed by atoms with Crippen molar-refractivity contribution in [1.82, 2.24) is 0 Å². The number of aromatic carboxylic acids is 1. The van der Waals surface area contributed by atoms with Crippen molar-refractivity contribution in [2.75, 3.05) is 0 Å². The minimum absolute atomic E-state index is 0.0161. The Morgan fingerprint density at radius 3 is 2.68 bits per heavy atom. The predicted molar refractivity (Wildman–Crippen MR) is 76.4 cm³/mol. The first-order chi connectivity index (χ1) is 8.99. The first kappa shape index (κ1) is 14.1. The Labute approximate surface area is 122 Å². The molecule has 0 aliphatic rings. The summed E-state index contributed by atoms with van der Waals surface area (Å²) in [5.41, 5.74) is 1.01. The number of hydrogen-bond donors (Lipinski definition) is 1. The zero-order chi connectivity index (χ0) is 14.0. The lowest BCUT2D eigenvalue weighted by atomic mass is 10.2. The second-order valence-corrected chi connectivity index (χ2v) is 5.87. The third-order valence-corrected chi connectivity index (χ3v) is 4.29. The maximum atomic E-state index is 14.1. The number of rotatable bonds is 3. The number of carboxylic acids is 1. The highest BCUT2D eigenvalue weighted by atomic mass is 79.9. The fourth-order valence-electron chi connectivity index (χ4n) is 1.58. The molecule has 0 fully saturated rings. The maximum Gasteiger partial charge on any atom is 0.336 e. The van der Waals surface area contributed by atoms with Crippen LogP contribution in [0.4, 0.5) is 4.39 Å². The summed E-state index contributed by atoms with van der Waals surface area (Å²) >= 11 is 4.26. The van der Waals surface area contributed by atoms with E-state index in [0.29, 0.717) is 4.90 Å². The quantitative estimate of drug-likeness (QED) is 0.876. The van der Waals surface area contributed by atoms with Crippen molar-refractivity contribution >= 4 is 33.7 Å². The van der Waals surface area contributed by atoms with Crippen molar-refractivity contribution in [2.24, 2.45) is 0 Å². The van der Waals surface area contributed by atoms with E-state index in [-0.39, 0.29) is 10.0 Å². The lowest BCUT2D eigenvalue weighted by Crippen LogP contribution is -2.00. The van der Waals surface area contributed by atoms with Gasteiger partial charge in [0.15, 0.2) is 5.82 Å². The third kappa shape index (κ3) is 3.16. The average molecular weight is 341 g/mol. The second kappa shape index (κ2) is 5.75. The summed E-state index contributed by atoms with van der Waals surface area (Å²) in [6, 6.07) is 10.6. The maximum absolute atomic E-state index is 14.1. The Balaban J connectivity index is 2.37. The standard InChI is InChI=1S/C14H10BrFO2S/c1-8-3-2-4-9(7-8)19-11-6-5-10(14(17)18)12(15)13(11)16/h2-7H,1H3,(H,17,18). The zero-order valence-electron chi connectivity index (χ0n) is 9.98. The van der Waals surface area contributed by atoms with Crippen LogP contribution in [0.5, 0.6) is 0 Å². The largest absolute Gasteiger partial charge is 0.478 e. The number of carbonyl (C=O) groups is 1. The van der Waals surface area contributed by atoms with Gasteiger partial charge in [0.2, 0.25) is 0 Å². The van der Waals surface area contributed by atoms with Gasteiger partial charge in [-0.15, -0.1) is 0 Å². The molecule has 1 N–H and O–H groups in total. The molecule has 2 aromatic rings. The molecule has 5 heteroatoms. The van der Waals surface area contributed by atoms with Crippen LogP contribution in [0, 0.1) is 12.7 Å². The monoisotopic (exact) mass is 340 g/mol. The Kier molecular flexibility index (Phi) is 4.27. The predicted octanol–water partition coefficient (Wildman–Crippen LogP) is 4.75. The lowest BCUT2D eigenvalue weighted by molar-refractivity contribution is 0.0695. The van der Waals surface area contributed by atoms with E-state index in [1.54, 1.807) is 0 Å². The Morgan fingerprint density at radius 1 is 1.32 bits per heavy atom. The van der Waals surface area contributed by atoms with E-state index in [1.165, 1.54) is 23.9 Å². The number of aryl methyl sites for hydroxylation is 1. The highest BCUT2D eigenvalue weighted by Gasteiger charge is 2.16. The Hall–Kier alpha value is -1.33. The van der Waals surface area contributed by atoms with Crippen LogP contribution < -0.4 is 0 Å². The summed E-state index contributed by atoms with van der Waals surface area (Å²) in [5.74, 6) is -1.70. The van der Waals surface area contributed by atoms with Crippen LogP contribution in [0.15, 0.2) is 50.7 Å². The molecule has 0 radical (unpaired) electrons. The number of benzene rings is 2. The lowest BCUT2D eigenvalue weighted by Gasteiger charge is -2.07. The molecule has 0 aliphatic heterocycles. The fraction of sp³-hybridized carbons (Fsp3) is 0.0714. The highest BCUT2D eigenvalue weighted by molar-refractivity contribution is 9.10. The molecule has 0 amide bonds. The van der Waals surface area contributed by atoms with E-state index in [4.69, 9.17) is 5.11 Å². The minimum Gasteiger partial charge on any atom is -0.478 e. The molecule has 0 unspecified atom stereocenters. The molecule has 2 rings (SSSR count). The van der Waals surface area contributed by atoms with Crippen LogP contribution in [-0.2, 0) is 0 Å². The molecular formula is C14H10BrFO2S. The van der Waals surface area contributed by atoms with Gasteiger partial charge in [0.25, 0.3) is 0 Å². The topological polar surface area (TPSA) is 37.3 Å². The second-order valence-electron chi connectivity index (χ2n) is 3.96. The average Bonchev–Trinajstić information content (AvgIpc) is 2.35. The van der Waals surface area contributed by atoms with Gasteiger partial charge in [-0.3, -0.25) is 0 Å². The summed E-state index contributed by atoms with van der Waals surface area (Å²) in [6.45, 7) is 1.96. The van der Waals surface area contributed by atoms with Gasteiger partial charge in [-0.2, -0.15) is 0 Å². The molecular weight excluding hydrogens is 331 g/mol. The molecule has 0 aliphatic carbocycles. The van der Waals surface area contributed by atoms with Crippen molar-refractivity contribution in [1.29, 1.82) is 0 Å². The van der Waals surface area contributed by atoms with Crippen LogP contribution in [-0.4, -0.2) is 11.1 Å². The number of carboxylic acid groups (broad SMARTS) is 1. The molecule has 0 aromatic heterocycles. The number of hydrogen-bond acceptors (Lipinski definition) is 2. The molecule has 0 spiro atoms. The van der Waals surface area contributed by atoms with Gasteiger partial charge in [0.1, 0.15) is 0 Å².